The maximum Gasteiger partial charge on any atom is 0.291 e. The molecule has 0 saturated heterocycles. The molecule has 120 valence electrons. The van der Waals surface area contributed by atoms with Gasteiger partial charge in [-0.05, 0) is 36.4 Å². The normalized spacial score (nSPS) is 10.3. The molecule has 0 spiro atoms. The zero-order chi connectivity index (χ0) is 17.1. The highest BCUT2D eigenvalue weighted by atomic mass is 16.6. The molecule has 0 atom stereocenters. The molecule has 0 saturated carbocycles. The van der Waals surface area contributed by atoms with Gasteiger partial charge in [0.05, 0.1) is 4.92 Å². The Morgan fingerprint density at radius 1 is 1.08 bits per heavy atom. The number of rotatable bonds is 4. The summed E-state index contributed by atoms with van der Waals surface area (Å²) in [5.74, 6) is 0.0882. The first kappa shape index (κ1) is 15.3. The fourth-order valence-corrected chi connectivity index (χ4v) is 2.14. The number of non-ortho nitro benzene ring substituents is 1. The monoisotopic (exact) mass is 324 g/mol. The summed E-state index contributed by atoms with van der Waals surface area (Å²) >= 11 is 0. The third-order valence-corrected chi connectivity index (χ3v) is 3.30. The van der Waals surface area contributed by atoms with Gasteiger partial charge in [-0.2, -0.15) is 0 Å². The number of carbonyl (C=O) groups is 1. The highest BCUT2D eigenvalue weighted by molar-refractivity contribution is 6.02. The predicted molar refractivity (Wildman–Crippen MR) is 86.9 cm³/mol. The third-order valence-electron chi connectivity index (χ3n) is 3.30. The molecule has 1 amide bonds. The van der Waals surface area contributed by atoms with Gasteiger partial charge in [-0.3, -0.25) is 14.9 Å². The van der Waals surface area contributed by atoms with E-state index in [1.54, 1.807) is 30.3 Å². The van der Waals surface area contributed by atoms with Crippen LogP contribution < -0.4 is 5.32 Å². The first-order valence-electron chi connectivity index (χ1n) is 6.98. The van der Waals surface area contributed by atoms with Crippen molar-refractivity contribution in [2.45, 2.75) is 0 Å². The summed E-state index contributed by atoms with van der Waals surface area (Å²) in [6.07, 6.45) is 0. The largest absolute Gasteiger partial charge is 0.508 e. The Morgan fingerprint density at radius 3 is 2.50 bits per heavy atom. The number of hydrogen-bond donors (Lipinski definition) is 2. The van der Waals surface area contributed by atoms with Gasteiger partial charge >= 0.3 is 0 Å². The molecule has 0 radical (unpaired) electrons. The zero-order valence-corrected chi connectivity index (χ0v) is 12.3. The number of phenolic OH excluding ortho intramolecular Hbond substituents is 1. The molecule has 7 heteroatoms. The van der Waals surface area contributed by atoms with Crippen molar-refractivity contribution in [2.75, 3.05) is 5.32 Å². The lowest BCUT2D eigenvalue weighted by Gasteiger charge is -2.03. The molecule has 3 rings (SSSR count). The molecular weight excluding hydrogens is 312 g/mol. The Kier molecular flexibility index (Phi) is 3.98. The summed E-state index contributed by atoms with van der Waals surface area (Å²) in [5.41, 5.74) is 1.04. The minimum absolute atomic E-state index is 0.0212. The van der Waals surface area contributed by atoms with Crippen molar-refractivity contribution in [3.63, 3.8) is 0 Å². The first-order valence-corrected chi connectivity index (χ1v) is 6.98. The summed E-state index contributed by atoms with van der Waals surface area (Å²) in [6.45, 7) is 0. The van der Waals surface area contributed by atoms with Crippen molar-refractivity contribution in [3.05, 3.63) is 76.5 Å². The van der Waals surface area contributed by atoms with E-state index in [4.69, 9.17) is 4.42 Å². The zero-order valence-electron chi connectivity index (χ0n) is 12.3. The highest BCUT2D eigenvalue weighted by Crippen LogP contribution is 2.25. The van der Waals surface area contributed by atoms with E-state index in [1.165, 1.54) is 30.3 Å². The van der Waals surface area contributed by atoms with Gasteiger partial charge in [-0.15, -0.1) is 0 Å². The fourth-order valence-electron chi connectivity index (χ4n) is 2.14. The molecule has 0 bridgehead atoms. The van der Waals surface area contributed by atoms with Crippen LogP contribution >= 0.6 is 0 Å². The summed E-state index contributed by atoms with van der Waals surface area (Å²) in [4.78, 5) is 22.3. The molecule has 0 fully saturated rings. The predicted octanol–water partition coefficient (Wildman–Crippen LogP) is 3.81. The van der Waals surface area contributed by atoms with Gasteiger partial charge in [-0.25, -0.2) is 0 Å². The van der Waals surface area contributed by atoms with Crippen LogP contribution in [0.25, 0.3) is 11.3 Å². The van der Waals surface area contributed by atoms with Gasteiger partial charge in [0.15, 0.2) is 5.76 Å². The average molecular weight is 324 g/mol. The Balaban J connectivity index is 1.77. The quantitative estimate of drug-likeness (QED) is 0.560. The van der Waals surface area contributed by atoms with Crippen LogP contribution in [-0.4, -0.2) is 15.9 Å². The lowest BCUT2D eigenvalue weighted by molar-refractivity contribution is -0.384. The van der Waals surface area contributed by atoms with E-state index in [0.717, 1.165) is 0 Å². The Hall–Kier alpha value is -3.61. The van der Waals surface area contributed by atoms with Crippen LogP contribution in [0.1, 0.15) is 10.6 Å². The van der Waals surface area contributed by atoms with Crippen molar-refractivity contribution < 1.29 is 19.2 Å². The van der Waals surface area contributed by atoms with E-state index in [9.17, 15) is 20.0 Å². The molecule has 7 nitrogen and oxygen atoms in total. The highest BCUT2D eigenvalue weighted by Gasteiger charge is 2.13. The first-order chi connectivity index (χ1) is 11.5. The molecule has 24 heavy (non-hydrogen) atoms. The smallest absolute Gasteiger partial charge is 0.291 e. The topological polar surface area (TPSA) is 106 Å². The maximum atomic E-state index is 12.1. The second kappa shape index (κ2) is 6.25. The van der Waals surface area contributed by atoms with Gasteiger partial charge in [0.1, 0.15) is 11.5 Å². The van der Waals surface area contributed by atoms with Crippen LogP contribution in [0.2, 0.25) is 0 Å². The molecule has 2 aromatic carbocycles. The Morgan fingerprint density at radius 2 is 1.83 bits per heavy atom. The van der Waals surface area contributed by atoms with Crippen molar-refractivity contribution >= 4 is 17.3 Å². The number of benzene rings is 2. The van der Waals surface area contributed by atoms with Crippen LogP contribution in [0.4, 0.5) is 11.4 Å². The van der Waals surface area contributed by atoms with Gasteiger partial charge in [0, 0.05) is 29.4 Å². The van der Waals surface area contributed by atoms with Crippen molar-refractivity contribution in [1.29, 1.82) is 0 Å². The van der Waals surface area contributed by atoms with E-state index < -0.39 is 10.8 Å². The number of amides is 1. The maximum absolute atomic E-state index is 12.1. The van der Waals surface area contributed by atoms with Crippen LogP contribution in [0.3, 0.4) is 0 Å². The van der Waals surface area contributed by atoms with E-state index in [2.05, 4.69) is 5.32 Å². The van der Waals surface area contributed by atoms with Crippen LogP contribution in [0.5, 0.6) is 5.75 Å². The van der Waals surface area contributed by atoms with Crippen LogP contribution in [0, 0.1) is 10.1 Å². The van der Waals surface area contributed by atoms with Crippen molar-refractivity contribution in [1.82, 2.24) is 0 Å². The van der Waals surface area contributed by atoms with E-state index >= 15 is 0 Å². The number of nitro groups is 1. The van der Waals surface area contributed by atoms with Crippen LogP contribution in [0.15, 0.2) is 65.1 Å². The number of phenols is 1. The lowest BCUT2D eigenvalue weighted by atomic mass is 10.1. The van der Waals surface area contributed by atoms with Gasteiger partial charge in [-0.1, -0.05) is 6.07 Å². The van der Waals surface area contributed by atoms with Gasteiger partial charge < -0.3 is 14.8 Å². The molecule has 3 aromatic rings. The molecule has 1 heterocycles. The third kappa shape index (κ3) is 3.25. The molecule has 2 N–H and O–H groups in total. The van der Waals surface area contributed by atoms with Gasteiger partial charge in [0.2, 0.25) is 0 Å². The fraction of sp³-hybridized carbons (Fsp3) is 0. The standard InChI is InChI=1S/C17H12N2O5/c20-14-3-1-2-12(10-14)18-17(21)16-9-8-15(24-16)11-4-6-13(7-5-11)19(22)23/h1-10,20H,(H,18,21). The summed E-state index contributed by atoms with van der Waals surface area (Å²) in [6, 6.07) is 15.1. The van der Waals surface area contributed by atoms with Crippen molar-refractivity contribution in [3.8, 4) is 17.1 Å². The number of hydrogen-bond acceptors (Lipinski definition) is 5. The summed E-state index contributed by atoms with van der Waals surface area (Å²) in [5, 5.41) is 22.6. The summed E-state index contributed by atoms with van der Waals surface area (Å²) < 4.78 is 5.49. The number of furan rings is 1. The van der Waals surface area contributed by atoms with E-state index in [0.29, 0.717) is 17.0 Å². The SMILES string of the molecule is O=C(Nc1cccc(O)c1)c1ccc(-c2ccc([N+](=O)[O-])cc2)o1. The Bertz CT molecular complexity index is 899. The molecule has 0 aliphatic carbocycles. The molecule has 0 aliphatic heterocycles. The number of anilines is 1. The second-order valence-electron chi connectivity index (χ2n) is 4.97. The van der Waals surface area contributed by atoms with Gasteiger partial charge in [0.25, 0.3) is 11.6 Å². The number of nitro benzene ring substituents is 1. The molecular formula is C17H12N2O5. The molecule has 0 aliphatic rings. The van der Waals surface area contributed by atoms with E-state index in [1.807, 2.05) is 0 Å². The number of nitrogens with one attached hydrogen (secondary N) is 1. The minimum Gasteiger partial charge on any atom is -0.508 e. The van der Waals surface area contributed by atoms with Crippen molar-refractivity contribution in [2.24, 2.45) is 0 Å². The minimum atomic E-state index is -0.486. The second-order valence-corrected chi connectivity index (χ2v) is 4.97. The number of aromatic hydroxyl groups is 1. The lowest BCUT2D eigenvalue weighted by Crippen LogP contribution is -2.10. The number of carbonyl (C=O) groups excluding carboxylic acids is 1. The number of nitrogens with zero attached hydrogens (tertiary/aromatic N) is 1. The molecule has 1 aromatic heterocycles. The summed E-state index contributed by atoms with van der Waals surface area (Å²) in [7, 11) is 0. The average Bonchev–Trinajstić information content (AvgIpc) is 3.05. The van der Waals surface area contributed by atoms with E-state index in [-0.39, 0.29) is 17.2 Å². The molecule has 0 unspecified atom stereocenters. The Labute approximate surface area is 136 Å². The van der Waals surface area contributed by atoms with Crippen LogP contribution in [-0.2, 0) is 0 Å².